The fourth-order valence-corrected chi connectivity index (χ4v) is 1.10. The van der Waals surface area contributed by atoms with Crippen molar-refractivity contribution in [2.24, 2.45) is 18.7 Å². The lowest BCUT2D eigenvalue weighted by atomic mass is 10.0. The summed E-state index contributed by atoms with van der Waals surface area (Å²) < 4.78 is 1.64. The molecule has 0 bridgehead atoms. The van der Waals surface area contributed by atoms with Gasteiger partial charge in [0.2, 0.25) is 0 Å². The Morgan fingerprint density at radius 2 is 2.54 bits per heavy atom. The maximum Gasteiger partial charge on any atom is 0.308 e. The molecule has 0 aliphatic carbocycles. The Morgan fingerprint density at radius 1 is 1.85 bits per heavy atom. The second-order valence-electron chi connectivity index (χ2n) is 2.96. The molecule has 0 saturated carbocycles. The van der Waals surface area contributed by atoms with Crippen molar-refractivity contribution in [3.05, 3.63) is 18.0 Å². The third-order valence-corrected chi connectivity index (χ3v) is 1.86. The summed E-state index contributed by atoms with van der Waals surface area (Å²) in [6, 6.07) is 1.80. The molecule has 1 rings (SSSR count). The van der Waals surface area contributed by atoms with E-state index in [4.69, 9.17) is 10.8 Å². The SMILES string of the molecule is Cn1ccc(CC(CN)C(=O)O)n1. The van der Waals surface area contributed by atoms with Crippen molar-refractivity contribution in [2.45, 2.75) is 6.42 Å². The molecule has 0 saturated heterocycles. The van der Waals surface area contributed by atoms with Gasteiger partial charge < -0.3 is 10.8 Å². The number of aliphatic carboxylic acids is 1. The number of nitrogens with zero attached hydrogens (tertiary/aromatic N) is 2. The Labute approximate surface area is 76.2 Å². The van der Waals surface area contributed by atoms with Crippen LogP contribution in [0.1, 0.15) is 5.69 Å². The zero-order valence-corrected chi connectivity index (χ0v) is 7.47. The lowest BCUT2D eigenvalue weighted by Gasteiger charge is -2.06. The molecule has 5 nitrogen and oxygen atoms in total. The van der Waals surface area contributed by atoms with Crippen LogP contribution in [0.5, 0.6) is 0 Å². The van der Waals surface area contributed by atoms with E-state index >= 15 is 0 Å². The molecule has 0 fully saturated rings. The number of aryl methyl sites for hydroxylation is 1. The van der Waals surface area contributed by atoms with E-state index in [0.717, 1.165) is 5.69 Å². The third-order valence-electron chi connectivity index (χ3n) is 1.86. The lowest BCUT2D eigenvalue weighted by Crippen LogP contribution is -2.25. The molecule has 0 aromatic carbocycles. The van der Waals surface area contributed by atoms with Crippen LogP contribution in [0.25, 0.3) is 0 Å². The Balaban J connectivity index is 2.61. The summed E-state index contributed by atoms with van der Waals surface area (Å²) in [6.45, 7) is 0.145. The van der Waals surface area contributed by atoms with Crippen molar-refractivity contribution >= 4 is 5.97 Å². The van der Waals surface area contributed by atoms with Gasteiger partial charge in [-0.3, -0.25) is 9.48 Å². The fourth-order valence-electron chi connectivity index (χ4n) is 1.10. The van der Waals surface area contributed by atoms with E-state index in [9.17, 15) is 4.79 Å². The highest BCUT2D eigenvalue weighted by atomic mass is 16.4. The van der Waals surface area contributed by atoms with Crippen molar-refractivity contribution in [2.75, 3.05) is 6.54 Å². The number of hydrogen-bond acceptors (Lipinski definition) is 3. The minimum Gasteiger partial charge on any atom is -0.481 e. The Kier molecular flexibility index (Phi) is 3.02. The molecular formula is C8H13N3O2. The molecule has 0 radical (unpaired) electrons. The zero-order chi connectivity index (χ0) is 9.84. The number of carbonyl (C=O) groups is 1. The zero-order valence-electron chi connectivity index (χ0n) is 7.47. The first-order valence-corrected chi connectivity index (χ1v) is 4.05. The van der Waals surface area contributed by atoms with E-state index in [2.05, 4.69) is 5.10 Å². The van der Waals surface area contributed by atoms with Crippen LogP contribution in [-0.2, 0) is 18.3 Å². The van der Waals surface area contributed by atoms with Crippen LogP contribution in [0.15, 0.2) is 12.3 Å². The fraction of sp³-hybridized carbons (Fsp3) is 0.500. The van der Waals surface area contributed by atoms with E-state index in [1.165, 1.54) is 0 Å². The average Bonchev–Trinajstić information content (AvgIpc) is 2.46. The van der Waals surface area contributed by atoms with Gasteiger partial charge in [0.25, 0.3) is 0 Å². The smallest absolute Gasteiger partial charge is 0.308 e. The molecule has 0 aliphatic heterocycles. The summed E-state index contributed by atoms with van der Waals surface area (Å²) in [5, 5.41) is 12.8. The van der Waals surface area contributed by atoms with Gasteiger partial charge >= 0.3 is 5.97 Å². The first kappa shape index (κ1) is 9.73. The second kappa shape index (κ2) is 4.04. The summed E-state index contributed by atoms with van der Waals surface area (Å²) in [7, 11) is 1.79. The molecular weight excluding hydrogens is 170 g/mol. The molecule has 1 heterocycles. The van der Waals surface area contributed by atoms with Crippen LogP contribution in [-0.4, -0.2) is 27.4 Å². The van der Waals surface area contributed by atoms with Gasteiger partial charge in [0.05, 0.1) is 11.6 Å². The van der Waals surface area contributed by atoms with E-state index in [1.807, 2.05) is 0 Å². The molecule has 13 heavy (non-hydrogen) atoms. The van der Waals surface area contributed by atoms with Crippen LogP contribution < -0.4 is 5.73 Å². The highest BCUT2D eigenvalue weighted by molar-refractivity contribution is 5.70. The first-order chi connectivity index (χ1) is 6.13. The quantitative estimate of drug-likeness (QED) is 0.666. The topological polar surface area (TPSA) is 81.1 Å². The molecule has 1 aromatic heterocycles. The van der Waals surface area contributed by atoms with E-state index in [0.29, 0.717) is 6.42 Å². The van der Waals surface area contributed by atoms with Gasteiger partial charge in [0.1, 0.15) is 0 Å². The van der Waals surface area contributed by atoms with Gasteiger partial charge in [-0.15, -0.1) is 0 Å². The molecule has 5 heteroatoms. The molecule has 72 valence electrons. The van der Waals surface area contributed by atoms with Gasteiger partial charge in [-0.25, -0.2) is 0 Å². The van der Waals surface area contributed by atoms with Gasteiger partial charge in [-0.2, -0.15) is 5.10 Å². The Hall–Kier alpha value is -1.36. The predicted molar refractivity (Wildman–Crippen MR) is 47.1 cm³/mol. The predicted octanol–water partition coefficient (Wildman–Crippen LogP) is -0.378. The Bertz CT molecular complexity index is 295. The number of carboxylic acid groups (broad SMARTS) is 1. The number of rotatable bonds is 4. The lowest BCUT2D eigenvalue weighted by molar-refractivity contribution is -0.141. The first-order valence-electron chi connectivity index (χ1n) is 4.05. The highest BCUT2D eigenvalue weighted by Gasteiger charge is 2.16. The molecule has 0 aliphatic rings. The van der Waals surface area contributed by atoms with Crippen molar-refractivity contribution in [3.63, 3.8) is 0 Å². The maximum absolute atomic E-state index is 10.6. The largest absolute Gasteiger partial charge is 0.481 e. The van der Waals surface area contributed by atoms with Crippen molar-refractivity contribution in [1.29, 1.82) is 0 Å². The Morgan fingerprint density at radius 3 is 2.92 bits per heavy atom. The summed E-state index contributed by atoms with van der Waals surface area (Å²) in [4.78, 5) is 10.6. The van der Waals surface area contributed by atoms with Gasteiger partial charge in [0.15, 0.2) is 0 Å². The van der Waals surface area contributed by atoms with Crippen LogP contribution >= 0.6 is 0 Å². The van der Waals surface area contributed by atoms with Crippen LogP contribution in [0.4, 0.5) is 0 Å². The molecule has 1 unspecified atom stereocenters. The van der Waals surface area contributed by atoms with Crippen molar-refractivity contribution in [1.82, 2.24) is 9.78 Å². The molecule has 0 spiro atoms. The molecule has 1 aromatic rings. The van der Waals surface area contributed by atoms with E-state index in [1.54, 1.807) is 24.0 Å². The van der Waals surface area contributed by atoms with E-state index in [-0.39, 0.29) is 6.54 Å². The third kappa shape index (κ3) is 2.55. The average molecular weight is 183 g/mol. The second-order valence-corrected chi connectivity index (χ2v) is 2.96. The van der Waals surface area contributed by atoms with Gasteiger partial charge in [-0.1, -0.05) is 0 Å². The molecule has 3 N–H and O–H groups in total. The summed E-state index contributed by atoms with van der Waals surface area (Å²) >= 11 is 0. The van der Waals surface area contributed by atoms with Crippen LogP contribution in [0.3, 0.4) is 0 Å². The highest BCUT2D eigenvalue weighted by Crippen LogP contribution is 2.05. The molecule has 1 atom stereocenters. The van der Waals surface area contributed by atoms with Gasteiger partial charge in [-0.05, 0) is 6.07 Å². The van der Waals surface area contributed by atoms with Crippen LogP contribution in [0, 0.1) is 5.92 Å². The molecule has 0 amide bonds. The monoisotopic (exact) mass is 183 g/mol. The van der Waals surface area contributed by atoms with Crippen LogP contribution in [0.2, 0.25) is 0 Å². The van der Waals surface area contributed by atoms with Crippen molar-refractivity contribution in [3.8, 4) is 0 Å². The minimum atomic E-state index is -0.867. The minimum absolute atomic E-state index is 0.145. The maximum atomic E-state index is 10.6. The van der Waals surface area contributed by atoms with E-state index < -0.39 is 11.9 Å². The summed E-state index contributed by atoms with van der Waals surface area (Å²) in [5.74, 6) is -1.40. The van der Waals surface area contributed by atoms with Crippen molar-refractivity contribution < 1.29 is 9.90 Å². The normalized spacial score (nSPS) is 12.8. The number of carboxylic acids is 1. The standard InChI is InChI=1S/C8H13N3O2/c1-11-3-2-7(10-11)4-6(5-9)8(12)13/h2-3,6H,4-5,9H2,1H3,(H,12,13). The summed E-state index contributed by atoms with van der Waals surface area (Å²) in [6.07, 6.45) is 2.18. The number of aromatic nitrogens is 2. The van der Waals surface area contributed by atoms with Gasteiger partial charge in [0, 0.05) is 26.2 Å². The summed E-state index contributed by atoms with van der Waals surface area (Å²) in [5.41, 5.74) is 6.08. The number of nitrogens with two attached hydrogens (primary N) is 1. The number of hydrogen-bond donors (Lipinski definition) is 2.